The van der Waals surface area contributed by atoms with Gasteiger partial charge in [-0.25, -0.2) is 12.8 Å². The number of anilines is 1. The van der Waals surface area contributed by atoms with E-state index >= 15 is 0 Å². The van der Waals surface area contributed by atoms with E-state index in [2.05, 4.69) is 6.92 Å². The maximum atomic E-state index is 13.2. The van der Waals surface area contributed by atoms with Crippen LogP contribution in [0.1, 0.15) is 40.0 Å². The molecular weight excluding hydrogens is 279 g/mol. The molecule has 0 unspecified atom stereocenters. The average Bonchev–Trinajstić information content (AvgIpc) is 2.37. The largest absolute Gasteiger partial charge is 0.396 e. The number of rotatable bonds is 7. The van der Waals surface area contributed by atoms with Crippen LogP contribution in [0.4, 0.5) is 10.1 Å². The number of nitrogen functional groups attached to an aromatic ring is 1. The summed E-state index contributed by atoms with van der Waals surface area (Å²) in [7, 11) is -3.63. The van der Waals surface area contributed by atoms with Crippen LogP contribution in [0.5, 0.6) is 0 Å². The summed E-state index contributed by atoms with van der Waals surface area (Å²) in [4.78, 5) is 0.0431. The Labute approximate surface area is 120 Å². The lowest BCUT2D eigenvalue weighted by molar-refractivity contribution is 0.345. The van der Waals surface area contributed by atoms with Crippen molar-refractivity contribution < 1.29 is 12.8 Å². The number of benzene rings is 1. The lowest BCUT2D eigenvalue weighted by Crippen LogP contribution is -2.37. The normalized spacial score (nSPS) is 12.3. The van der Waals surface area contributed by atoms with Crippen LogP contribution >= 0.6 is 0 Å². The molecular formula is C14H23FN2O2S. The summed E-state index contributed by atoms with van der Waals surface area (Å²) >= 11 is 0. The number of hydrogen-bond acceptors (Lipinski definition) is 3. The Hall–Kier alpha value is -1.14. The summed E-state index contributed by atoms with van der Waals surface area (Å²) in [5.74, 6) is -0.606. The lowest BCUT2D eigenvalue weighted by atomic mass is 10.2. The van der Waals surface area contributed by atoms with Gasteiger partial charge in [-0.05, 0) is 38.5 Å². The predicted molar refractivity (Wildman–Crippen MR) is 79.4 cm³/mol. The van der Waals surface area contributed by atoms with E-state index in [4.69, 9.17) is 5.73 Å². The van der Waals surface area contributed by atoms with Crippen LogP contribution in [-0.4, -0.2) is 25.3 Å². The molecule has 0 aromatic heterocycles. The van der Waals surface area contributed by atoms with Gasteiger partial charge in [0.15, 0.2) is 0 Å². The maximum Gasteiger partial charge on any atom is 0.243 e. The zero-order chi connectivity index (χ0) is 15.3. The van der Waals surface area contributed by atoms with Crippen molar-refractivity contribution in [3.63, 3.8) is 0 Å². The van der Waals surface area contributed by atoms with Crippen LogP contribution in [0.25, 0.3) is 0 Å². The van der Waals surface area contributed by atoms with E-state index in [1.165, 1.54) is 16.4 Å². The molecule has 0 saturated carbocycles. The zero-order valence-electron chi connectivity index (χ0n) is 12.3. The smallest absolute Gasteiger partial charge is 0.243 e. The van der Waals surface area contributed by atoms with Crippen molar-refractivity contribution in [2.24, 2.45) is 0 Å². The first-order valence-corrected chi connectivity index (χ1v) is 8.31. The van der Waals surface area contributed by atoms with Gasteiger partial charge in [0, 0.05) is 12.6 Å². The molecule has 0 heterocycles. The minimum Gasteiger partial charge on any atom is -0.396 e. The van der Waals surface area contributed by atoms with Crippen molar-refractivity contribution in [1.82, 2.24) is 4.31 Å². The molecule has 114 valence electrons. The number of nitrogens with two attached hydrogens (primary N) is 1. The quantitative estimate of drug-likeness (QED) is 0.622. The highest BCUT2D eigenvalue weighted by atomic mass is 32.2. The standard InChI is InChI=1S/C14H23FN2O2S/c1-4-5-6-9-17(11(2)3)20(18,19)12-7-8-13(15)14(16)10-12/h7-8,10-11H,4-6,9,16H2,1-3H3. The zero-order valence-corrected chi connectivity index (χ0v) is 13.1. The Morgan fingerprint density at radius 3 is 2.45 bits per heavy atom. The van der Waals surface area contributed by atoms with Crippen LogP contribution in [0.15, 0.2) is 23.1 Å². The van der Waals surface area contributed by atoms with Crippen molar-refractivity contribution in [3.05, 3.63) is 24.0 Å². The van der Waals surface area contributed by atoms with Gasteiger partial charge in [-0.3, -0.25) is 0 Å². The first kappa shape index (κ1) is 16.9. The number of halogens is 1. The van der Waals surface area contributed by atoms with Gasteiger partial charge < -0.3 is 5.73 Å². The SMILES string of the molecule is CCCCCN(C(C)C)S(=O)(=O)c1ccc(F)c(N)c1. The van der Waals surface area contributed by atoms with Gasteiger partial charge in [0.2, 0.25) is 10.0 Å². The Kier molecular flexibility index (Phi) is 5.95. The van der Waals surface area contributed by atoms with Gasteiger partial charge in [-0.2, -0.15) is 4.31 Å². The summed E-state index contributed by atoms with van der Waals surface area (Å²) in [6.07, 6.45) is 2.81. The first-order valence-electron chi connectivity index (χ1n) is 6.87. The number of sulfonamides is 1. The molecule has 2 N–H and O–H groups in total. The third-order valence-corrected chi connectivity index (χ3v) is 5.20. The fourth-order valence-electron chi connectivity index (χ4n) is 1.99. The Balaban J connectivity index is 3.06. The molecule has 6 heteroatoms. The van der Waals surface area contributed by atoms with Gasteiger partial charge in [-0.1, -0.05) is 19.8 Å². The lowest BCUT2D eigenvalue weighted by Gasteiger charge is -2.26. The van der Waals surface area contributed by atoms with E-state index in [0.717, 1.165) is 25.3 Å². The third kappa shape index (κ3) is 3.93. The van der Waals surface area contributed by atoms with Crippen LogP contribution < -0.4 is 5.73 Å². The van der Waals surface area contributed by atoms with E-state index in [0.29, 0.717) is 6.54 Å². The summed E-state index contributed by atoms with van der Waals surface area (Å²) in [6, 6.07) is 3.38. The molecule has 1 aromatic carbocycles. The summed E-state index contributed by atoms with van der Waals surface area (Å²) in [5, 5.41) is 0. The predicted octanol–water partition coefficient (Wildman–Crippen LogP) is 3.00. The average molecular weight is 302 g/mol. The molecule has 0 atom stereocenters. The molecule has 0 amide bonds. The molecule has 0 aliphatic carbocycles. The topological polar surface area (TPSA) is 63.4 Å². The minimum atomic E-state index is -3.63. The molecule has 0 spiro atoms. The van der Waals surface area contributed by atoms with Crippen LogP contribution in [0.3, 0.4) is 0 Å². The summed E-state index contributed by atoms with van der Waals surface area (Å²) in [6.45, 7) is 6.19. The van der Waals surface area contributed by atoms with Gasteiger partial charge in [0.05, 0.1) is 10.6 Å². The van der Waals surface area contributed by atoms with E-state index in [-0.39, 0.29) is 16.6 Å². The molecule has 0 fully saturated rings. The third-order valence-electron chi connectivity index (χ3n) is 3.13. The maximum absolute atomic E-state index is 13.2. The molecule has 0 radical (unpaired) electrons. The molecule has 0 bridgehead atoms. The van der Waals surface area contributed by atoms with Gasteiger partial charge >= 0.3 is 0 Å². The second-order valence-corrected chi connectivity index (χ2v) is 6.99. The van der Waals surface area contributed by atoms with E-state index in [9.17, 15) is 12.8 Å². The minimum absolute atomic E-state index is 0.0431. The van der Waals surface area contributed by atoms with Crippen LogP contribution in [0, 0.1) is 5.82 Å². The Morgan fingerprint density at radius 2 is 1.95 bits per heavy atom. The Bertz CT molecular complexity index is 544. The highest BCUT2D eigenvalue weighted by Crippen LogP contribution is 2.22. The molecule has 1 aromatic rings. The van der Waals surface area contributed by atoms with Crippen LogP contribution in [0.2, 0.25) is 0 Å². The van der Waals surface area contributed by atoms with Gasteiger partial charge in [-0.15, -0.1) is 0 Å². The monoisotopic (exact) mass is 302 g/mol. The van der Waals surface area contributed by atoms with E-state index < -0.39 is 15.8 Å². The number of unbranched alkanes of at least 4 members (excludes halogenated alkanes) is 2. The van der Waals surface area contributed by atoms with E-state index in [1.54, 1.807) is 0 Å². The van der Waals surface area contributed by atoms with Crippen molar-refractivity contribution in [2.45, 2.75) is 51.0 Å². The fraction of sp³-hybridized carbons (Fsp3) is 0.571. The van der Waals surface area contributed by atoms with Crippen molar-refractivity contribution in [1.29, 1.82) is 0 Å². The Morgan fingerprint density at radius 1 is 1.30 bits per heavy atom. The number of nitrogens with zero attached hydrogens (tertiary/aromatic N) is 1. The highest BCUT2D eigenvalue weighted by molar-refractivity contribution is 7.89. The summed E-state index contributed by atoms with van der Waals surface area (Å²) < 4.78 is 39.8. The molecule has 0 aliphatic rings. The van der Waals surface area contributed by atoms with Crippen molar-refractivity contribution in [2.75, 3.05) is 12.3 Å². The molecule has 20 heavy (non-hydrogen) atoms. The van der Waals surface area contributed by atoms with Gasteiger partial charge in [0.1, 0.15) is 5.82 Å². The van der Waals surface area contributed by atoms with Crippen molar-refractivity contribution in [3.8, 4) is 0 Å². The number of hydrogen-bond donors (Lipinski definition) is 1. The first-order chi connectivity index (χ1) is 9.30. The second kappa shape index (κ2) is 7.04. The summed E-state index contributed by atoms with van der Waals surface area (Å²) in [5.41, 5.74) is 5.31. The second-order valence-electron chi connectivity index (χ2n) is 5.10. The van der Waals surface area contributed by atoms with Crippen LogP contribution in [-0.2, 0) is 10.0 Å². The highest BCUT2D eigenvalue weighted by Gasteiger charge is 2.26. The van der Waals surface area contributed by atoms with Gasteiger partial charge in [0.25, 0.3) is 0 Å². The molecule has 4 nitrogen and oxygen atoms in total. The molecule has 1 rings (SSSR count). The van der Waals surface area contributed by atoms with Crippen molar-refractivity contribution >= 4 is 15.7 Å². The fourth-order valence-corrected chi connectivity index (χ4v) is 3.70. The molecule has 0 saturated heterocycles. The molecule has 0 aliphatic heterocycles. The van der Waals surface area contributed by atoms with E-state index in [1.807, 2.05) is 13.8 Å².